The summed E-state index contributed by atoms with van der Waals surface area (Å²) in [5.74, 6) is -0.600. The van der Waals surface area contributed by atoms with Gasteiger partial charge in [0.2, 0.25) is 5.91 Å². The maximum atomic E-state index is 13.0. The van der Waals surface area contributed by atoms with E-state index < -0.39 is 40.4 Å². The van der Waals surface area contributed by atoms with E-state index >= 15 is 0 Å². The van der Waals surface area contributed by atoms with Gasteiger partial charge in [0.25, 0.3) is 0 Å². The minimum atomic E-state index is -1.08. The van der Waals surface area contributed by atoms with E-state index in [9.17, 15) is 24.0 Å². The summed E-state index contributed by atoms with van der Waals surface area (Å²) in [6.45, 7) is 5.07. The van der Waals surface area contributed by atoms with Crippen molar-refractivity contribution in [2.45, 2.75) is 56.9 Å². The van der Waals surface area contributed by atoms with Gasteiger partial charge >= 0.3 is 11.8 Å². The first-order valence-electron chi connectivity index (χ1n) is 10.4. The van der Waals surface area contributed by atoms with E-state index in [4.69, 9.17) is 13.6 Å². The third kappa shape index (κ3) is 4.65. The minimum Gasteiger partial charge on any atom is -0.852 e. The first-order valence-corrected chi connectivity index (χ1v) is 13.7. The predicted molar refractivity (Wildman–Crippen MR) is 120 cm³/mol. The van der Waals surface area contributed by atoms with Gasteiger partial charge < -0.3 is 18.7 Å². The third-order valence-electron chi connectivity index (χ3n) is 5.42. The third-order valence-corrected chi connectivity index (χ3v) is 10.0. The molecule has 4 heterocycles. The highest BCUT2D eigenvalue weighted by molar-refractivity contribution is 8.23. The zero-order valence-corrected chi connectivity index (χ0v) is 20.3. The number of hydrogen-bond donors (Lipinski definition) is 1. The van der Waals surface area contributed by atoms with E-state index in [2.05, 4.69) is 0 Å². The Labute approximate surface area is 196 Å². The number of rotatable bonds is 8. The molecule has 0 radical (unpaired) electrons. The van der Waals surface area contributed by atoms with Gasteiger partial charge in [0.1, 0.15) is 16.9 Å². The average molecular weight is 504 g/mol. The molecule has 1 amide bonds. The summed E-state index contributed by atoms with van der Waals surface area (Å²) in [7, 11) is 0. The number of nitrogens with zero attached hydrogens (tertiary/aromatic N) is 1. The van der Waals surface area contributed by atoms with Crippen LogP contribution in [0.3, 0.4) is 0 Å². The second kappa shape index (κ2) is 9.49. The van der Waals surface area contributed by atoms with Crippen LogP contribution in [0.25, 0.3) is 0 Å². The highest BCUT2D eigenvalue weighted by Gasteiger charge is 2.56. The Hall–Kier alpha value is -1.34. The van der Waals surface area contributed by atoms with Gasteiger partial charge in [-0.3, -0.25) is 9.69 Å². The zero-order chi connectivity index (χ0) is 23.2. The van der Waals surface area contributed by atoms with Gasteiger partial charge in [-0.1, -0.05) is 32.5 Å². The first kappa shape index (κ1) is 23.8. The topological polar surface area (TPSA) is 133 Å². The maximum Gasteiger partial charge on any atom is 0.519 e. The number of carbonyl (C=O) groups excluding carboxylic acids is 2. The van der Waals surface area contributed by atoms with Crippen LogP contribution in [0.1, 0.15) is 38.7 Å². The first-order chi connectivity index (χ1) is 15.2. The van der Waals surface area contributed by atoms with Gasteiger partial charge in [0, 0.05) is 12.8 Å². The second-order valence-corrected chi connectivity index (χ2v) is 12.8. The lowest BCUT2D eigenvalue weighted by Gasteiger charge is -2.47. The Balaban J connectivity index is 1.52. The monoisotopic (exact) mass is 503 g/mol. The van der Waals surface area contributed by atoms with Crippen LogP contribution in [0, 0.1) is 11.8 Å². The molecule has 0 spiro atoms. The van der Waals surface area contributed by atoms with Crippen molar-refractivity contribution >= 4 is 46.6 Å². The molecule has 176 valence electrons. The molecule has 2 saturated heterocycles. The molecule has 3 aliphatic heterocycles. The lowest BCUT2D eigenvalue weighted by Crippen LogP contribution is -2.63. The molecule has 9 nitrogen and oxygen atoms in total. The van der Waals surface area contributed by atoms with Crippen LogP contribution in [0.4, 0.5) is 0 Å². The number of amides is 1. The zero-order valence-electron chi connectivity index (χ0n) is 17.9. The molecule has 12 heteroatoms. The highest BCUT2D eigenvalue weighted by atomic mass is 32.2. The Kier molecular flexibility index (Phi) is 7.06. The molecule has 3 aliphatic rings. The van der Waals surface area contributed by atoms with Gasteiger partial charge in [0.05, 0.1) is 20.8 Å². The number of carbonyl (C=O) groups is 2. The molecule has 2 fully saturated rings. The van der Waals surface area contributed by atoms with Crippen molar-refractivity contribution in [2.24, 2.45) is 11.8 Å². The van der Waals surface area contributed by atoms with Gasteiger partial charge in [0.15, 0.2) is 29.6 Å². The summed E-state index contributed by atoms with van der Waals surface area (Å²) in [6.07, 6.45) is 0.195. The van der Waals surface area contributed by atoms with E-state index in [1.807, 2.05) is 13.8 Å². The van der Waals surface area contributed by atoms with E-state index in [0.29, 0.717) is 22.2 Å². The van der Waals surface area contributed by atoms with Crippen molar-refractivity contribution in [3.05, 3.63) is 32.1 Å². The minimum absolute atomic E-state index is 0.132. The van der Waals surface area contributed by atoms with Gasteiger partial charge in [-0.05, 0) is 5.92 Å². The molecular formula is C20H25NO8S3. The van der Waals surface area contributed by atoms with E-state index in [0.717, 1.165) is 12.2 Å². The Bertz CT molecular complexity index is 984. The molecular weight excluding hydrogens is 478 g/mol. The highest BCUT2D eigenvalue weighted by Crippen LogP contribution is 2.55. The molecule has 32 heavy (non-hydrogen) atoms. The van der Waals surface area contributed by atoms with Gasteiger partial charge in [-0.15, -0.1) is 17.9 Å². The average Bonchev–Trinajstić information content (AvgIpc) is 3.35. The molecule has 0 bridgehead atoms. The Morgan fingerprint density at radius 3 is 2.69 bits per heavy atom. The largest absolute Gasteiger partial charge is 0.852 e. The standard InChI is InChI=1S/C20H25NO8S3/c1-9(2)6-12-13(29-20(25)28-12)7-27-18(24)15-19(30-11-4-5-32(26)8-11)31-17-14(10(3)22)16(23)21(15)17/h9-11,14,17,26H,4-8H2,1-3H3/t10-,11?,14+,17-,32?/m1/s1. The Morgan fingerprint density at radius 1 is 1.34 bits per heavy atom. The van der Waals surface area contributed by atoms with Crippen LogP contribution in [0.15, 0.2) is 23.6 Å². The number of esters is 1. The van der Waals surface area contributed by atoms with Gasteiger partial charge in [-0.25, -0.2) is 9.59 Å². The van der Waals surface area contributed by atoms with Crippen molar-refractivity contribution in [1.82, 2.24) is 4.90 Å². The molecule has 5 atom stereocenters. The molecule has 1 N–H and O–H groups in total. The summed E-state index contributed by atoms with van der Waals surface area (Å²) in [6, 6.07) is 0. The SMILES string of the molecule is CC(C)Cc1oc(=O)oc1COC(=O)C1=C(SC2CC[S+](O)C2)S[C@@H]2[C@@H]([C@@H](C)[O-])C(=O)N12. The summed E-state index contributed by atoms with van der Waals surface area (Å²) in [4.78, 5) is 38.5. The maximum absolute atomic E-state index is 13.0. The van der Waals surface area contributed by atoms with E-state index in [1.54, 1.807) is 0 Å². The fourth-order valence-electron chi connectivity index (χ4n) is 3.88. The summed E-state index contributed by atoms with van der Waals surface area (Å²) in [5, 5.41) is 11.7. The second-order valence-electron chi connectivity index (χ2n) is 8.42. The quantitative estimate of drug-likeness (QED) is 0.316. The number of thioether (sulfide) groups is 2. The van der Waals surface area contributed by atoms with E-state index in [-0.39, 0.29) is 35.1 Å². The number of hydrogen-bond acceptors (Lipinski definition) is 10. The van der Waals surface area contributed by atoms with E-state index in [1.165, 1.54) is 35.3 Å². The van der Waals surface area contributed by atoms with Crippen LogP contribution in [-0.2, 0) is 38.5 Å². The number of fused-ring (bicyclic) bond motifs is 1. The summed E-state index contributed by atoms with van der Waals surface area (Å²) < 4.78 is 26.0. The molecule has 1 aromatic heterocycles. The lowest BCUT2D eigenvalue weighted by atomic mass is 9.92. The molecule has 2 unspecified atom stereocenters. The number of β-lactam (4-membered cyclic amide) rings is 1. The molecule has 0 aliphatic carbocycles. The fourth-order valence-corrected chi connectivity index (χ4v) is 9.16. The van der Waals surface area contributed by atoms with Gasteiger partial charge in [-0.2, -0.15) is 4.55 Å². The summed E-state index contributed by atoms with van der Waals surface area (Å²) in [5.41, 5.74) is 0.132. The van der Waals surface area contributed by atoms with Crippen LogP contribution in [0.5, 0.6) is 0 Å². The van der Waals surface area contributed by atoms with Crippen molar-refractivity contribution in [3.63, 3.8) is 0 Å². The molecule has 0 saturated carbocycles. The van der Waals surface area contributed by atoms with Crippen LogP contribution >= 0.6 is 23.5 Å². The molecule has 0 aromatic carbocycles. The number of ether oxygens (including phenoxy) is 1. The van der Waals surface area contributed by atoms with Crippen molar-refractivity contribution in [2.75, 3.05) is 11.5 Å². The summed E-state index contributed by atoms with van der Waals surface area (Å²) >= 11 is 2.16. The fraction of sp³-hybridized carbons (Fsp3) is 0.650. The van der Waals surface area contributed by atoms with Crippen molar-refractivity contribution in [3.8, 4) is 0 Å². The predicted octanol–water partition coefficient (Wildman–Crippen LogP) is 1.52. The smallest absolute Gasteiger partial charge is 0.519 e. The van der Waals surface area contributed by atoms with Crippen LogP contribution in [0.2, 0.25) is 0 Å². The lowest BCUT2D eigenvalue weighted by molar-refractivity contribution is -0.427. The Morgan fingerprint density at radius 2 is 2.06 bits per heavy atom. The van der Waals surface area contributed by atoms with Crippen LogP contribution in [-0.4, -0.2) is 49.6 Å². The van der Waals surface area contributed by atoms with Crippen LogP contribution < -0.4 is 10.9 Å². The molecule has 1 aromatic rings. The van der Waals surface area contributed by atoms with Crippen molar-refractivity contribution in [1.29, 1.82) is 0 Å². The normalized spacial score (nSPS) is 28.3. The van der Waals surface area contributed by atoms with Crippen molar-refractivity contribution < 1.29 is 32.8 Å². The molecule has 4 rings (SSSR count).